The Balaban J connectivity index is 0.000000292. The standard InChI is InChI=1S/C13H10.N3/c1-4-10-6-2-8-12-9-3-7-11(5-1)13(10)12;1-3-2/h1-8H,9H2;/q;-1. The second-order valence-electron chi connectivity index (χ2n) is 3.56. The molecule has 16 heavy (non-hydrogen) atoms. The molecule has 2 aromatic rings. The van der Waals surface area contributed by atoms with E-state index in [-0.39, 0.29) is 0 Å². The van der Waals surface area contributed by atoms with Crippen LogP contribution < -0.4 is 0 Å². The molecule has 0 amide bonds. The van der Waals surface area contributed by atoms with E-state index in [2.05, 4.69) is 48.6 Å². The highest BCUT2D eigenvalue weighted by Crippen LogP contribution is 2.27. The zero-order chi connectivity index (χ0) is 11.4. The van der Waals surface area contributed by atoms with E-state index in [1.54, 1.807) is 0 Å². The second kappa shape index (κ2) is 4.51. The van der Waals surface area contributed by atoms with Gasteiger partial charge in [-0.3, -0.25) is 4.91 Å². The van der Waals surface area contributed by atoms with Crippen molar-refractivity contribution in [1.82, 2.24) is 0 Å². The molecule has 3 nitrogen and oxygen atoms in total. The first-order valence-electron chi connectivity index (χ1n) is 5.02. The molecule has 0 N–H and O–H groups in total. The van der Waals surface area contributed by atoms with Gasteiger partial charge in [0.15, 0.2) is 0 Å². The summed E-state index contributed by atoms with van der Waals surface area (Å²) in [7, 11) is 0. The third-order valence-electron chi connectivity index (χ3n) is 2.66. The Labute approximate surface area is 93.4 Å². The monoisotopic (exact) mass is 208 g/mol. The maximum Gasteiger partial charge on any atom is -0.00763 e. The van der Waals surface area contributed by atoms with Gasteiger partial charge in [-0.1, -0.05) is 48.6 Å². The van der Waals surface area contributed by atoms with Crippen molar-refractivity contribution in [3.63, 3.8) is 0 Å². The maximum absolute atomic E-state index is 6.75. The van der Waals surface area contributed by atoms with E-state index in [4.69, 9.17) is 11.1 Å². The fraction of sp³-hybridized carbons (Fsp3) is 0.0769. The highest BCUT2D eigenvalue weighted by atomic mass is 15.0. The third-order valence-corrected chi connectivity index (χ3v) is 2.66. The fourth-order valence-electron chi connectivity index (χ4n) is 2.07. The molecule has 0 saturated carbocycles. The molecule has 78 valence electrons. The molecule has 0 aromatic heterocycles. The van der Waals surface area contributed by atoms with Gasteiger partial charge in [-0.2, -0.15) is 0 Å². The molecule has 0 atom stereocenters. The van der Waals surface area contributed by atoms with Crippen molar-refractivity contribution >= 4 is 16.8 Å². The van der Waals surface area contributed by atoms with Gasteiger partial charge in [0.05, 0.1) is 0 Å². The minimum Gasteiger partial charge on any atom is -0.373 e. The van der Waals surface area contributed by atoms with Crippen molar-refractivity contribution in [1.29, 1.82) is 0 Å². The predicted octanol–water partition coefficient (Wildman–Crippen LogP) is 4.28. The molecule has 1 aliphatic carbocycles. The molecule has 0 aliphatic heterocycles. The van der Waals surface area contributed by atoms with Gasteiger partial charge in [0.1, 0.15) is 0 Å². The minimum atomic E-state index is 1.08. The molecule has 0 unspecified atom stereocenters. The third kappa shape index (κ3) is 1.76. The first kappa shape index (κ1) is 10.3. The van der Waals surface area contributed by atoms with Gasteiger partial charge in [-0.15, -0.1) is 0 Å². The molecule has 3 heteroatoms. The Hall–Kier alpha value is -2.25. The van der Waals surface area contributed by atoms with E-state index < -0.39 is 0 Å². The summed E-state index contributed by atoms with van der Waals surface area (Å²) >= 11 is 0. The lowest BCUT2D eigenvalue weighted by molar-refractivity contribution is 1.29. The maximum atomic E-state index is 6.75. The highest BCUT2D eigenvalue weighted by molar-refractivity contribution is 5.94. The molecule has 0 fully saturated rings. The van der Waals surface area contributed by atoms with Crippen LogP contribution in [0.4, 0.5) is 0 Å². The van der Waals surface area contributed by atoms with Crippen molar-refractivity contribution in [2.75, 3.05) is 0 Å². The van der Waals surface area contributed by atoms with Crippen LogP contribution in [0.25, 0.3) is 32.8 Å². The van der Waals surface area contributed by atoms with Crippen LogP contribution in [0.5, 0.6) is 0 Å². The summed E-state index contributed by atoms with van der Waals surface area (Å²) in [6.07, 6.45) is 5.53. The second-order valence-corrected chi connectivity index (χ2v) is 3.56. The summed E-state index contributed by atoms with van der Waals surface area (Å²) in [6.45, 7) is 0. The Morgan fingerprint density at radius 3 is 2.44 bits per heavy atom. The van der Waals surface area contributed by atoms with Crippen molar-refractivity contribution in [3.05, 3.63) is 69.6 Å². The quantitative estimate of drug-likeness (QED) is 0.352. The summed E-state index contributed by atoms with van der Waals surface area (Å²) in [5.74, 6) is 0. The van der Waals surface area contributed by atoms with Crippen molar-refractivity contribution in [3.8, 4) is 0 Å². The molecule has 0 spiro atoms. The van der Waals surface area contributed by atoms with Gasteiger partial charge in [-0.25, -0.2) is 0 Å². The van der Waals surface area contributed by atoms with Crippen LogP contribution in [0.15, 0.2) is 42.5 Å². The molecule has 0 saturated heterocycles. The Bertz CT molecular complexity index is 573. The van der Waals surface area contributed by atoms with Crippen LogP contribution in [0.1, 0.15) is 11.1 Å². The number of hydrogen-bond acceptors (Lipinski definition) is 0. The van der Waals surface area contributed by atoms with Gasteiger partial charge in [-0.05, 0) is 28.3 Å². The minimum absolute atomic E-state index is 1.08. The first-order chi connectivity index (χ1) is 7.86. The van der Waals surface area contributed by atoms with Gasteiger partial charge in [0, 0.05) is 0 Å². The zero-order valence-corrected chi connectivity index (χ0v) is 8.67. The SMILES string of the molecule is C1=Cc2cccc3cccc(c23)C1.[N-]=[N+]=[N-]. The first-order valence-corrected chi connectivity index (χ1v) is 5.02. The molecule has 0 heterocycles. The molecular weight excluding hydrogens is 198 g/mol. The molecular formula is C13H10N3-. The fourth-order valence-corrected chi connectivity index (χ4v) is 2.07. The molecule has 1 aliphatic rings. The van der Waals surface area contributed by atoms with Crippen molar-refractivity contribution in [2.24, 2.45) is 0 Å². The van der Waals surface area contributed by atoms with Gasteiger partial charge in [0.25, 0.3) is 0 Å². The number of rotatable bonds is 0. The molecule has 0 bridgehead atoms. The molecule has 2 aromatic carbocycles. The lowest BCUT2D eigenvalue weighted by Crippen LogP contribution is -1.91. The van der Waals surface area contributed by atoms with Gasteiger partial charge >= 0.3 is 0 Å². The predicted molar refractivity (Wildman–Crippen MR) is 66.8 cm³/mol. The summed E-state index contributed by atoms with van der Waals surface area (Å²) < 4.78 is 0. The van der Waals surface area contributed by atoms with E-state index in [1.165, 1.54) is 26.8 Å². The lowest BCUT2D eigenvalue weighted by Gasteiger charge is -2.11. The van der Waals surface area contributed by atoms with Crippen LogP contribution in [0, 0.1) is 0 Å². The smallest absolute Gasteiger partial charge is 0.00763 e. The summed E-state index contributed by atoms with van der Waals surface area (Å²) in [5, 5.41) is 2.80. The average Bonchev–Trinajstić information content (AvgIpc) is 2.31. The highest BCUT2D eigenvalue weighted by Gasteiger charge is 2.06. The van der Waals surface area contributed by atoms with Crippen molar-refractivity contribution < 1.29 is 0 Å². The zero-order valence-electron chi connectivity index (χ0n) is 8.67. The topological polar surface area (TPSA) is 58.7 Å². The summed E-state index contributed by atoms with van der Waals surface area (Å²) in [4.78, 5) is 1.50. The van der Waals surface area contributed by atoms with Crippen LogP contribution >= 0.6 is 0 Å². The van der Waals surface area contributed by atoms with E-state index >= 15 is 0 Å². The van der Waals surface area contributed by atoms with E-state index in [0.29, 0.717) is 0 Å². The lowest BCUT2D eigenvalue weighted by atomic mass is 9.93. The van der Waals surface area contributed by atoms with E-state index in [9.17, 15) is 0 Å². The average molecular weight is 208 g/mol. The van der Waals surface area contributed by atoms with Crippen molar-refractivity contribution in [2.45, 2.75) is 6.42 Å². The number of hydrogen-bond donors (Lipinski definition) is 0. The van der Waals surface area contributed by atoms with Gasteiger partial charge in [0.2, 0.25) is 0 Å². The number of allylic oxidation sites excluding steroid dienone is 1. The van der Waals surface area contributed by atoms with Crippen LogP contribution in [0.2, 0.25) is 0 Å². The Kier molecular flexibility index (Phi) is 2.90. The van der Waals surface area contributed by atoms with Crippen LogP contribution in [-0.2, 0) is 6.42 Å². The summed E-state index contributed by atoms with van der Waals surface area (Å²) in [6, 6.07) is 13.0. The van der Waals surface area contributed by atoms with E-state index in [1.807, 2.05) is 0 Å². The number of benzene rings is 2. The summed E-state index contributed by atoms with van der Waals surface area (Å²) in [5.41, 5.74) is 16.3. The van der Waals surface area contributed by atoms with Crippen LogP contribution in [-0.4, -0.2) is 0 Å². The molecule has 3 rings (SSSR count). The van der Waals surface area contributed by atoms with E-state index in [0.717, 1.165) is 6.42 Å². The Morgan fingerprint density at radius 1 is 1.00 bits per heavy atom. The normalized spacial score (nSPS) is 11.5. The largest absolute Gasteiger partial charge is 0.373 e. The van der Waals surface area contributed by atoms with Gasteiger partial charge < -0.3 is 11.1 Å². The molecule has 0 radical (unpaired) electrons. The number of nitrogens with zero attached hydrogens (tertiary/aromatic N) is 3. The Morgan fingerprint density at radius 2 is 1.69 bits per heavy atom. The van der Waals surface area contributed by atoms with Crippen LogP contribution in [0.3, 0.4) is 0 Å².